The molecule has 2 aromatic rings. The first-order chi connectivity index (χ1) is 9.25. The fourth-order valence-electron chi connectivity index (χ4n) is 1.83. The first-order valence-electron chi connectivity index (χ1n) is 6.06. The third-order valence-corrected chi connectivity index (χ3v) is 3.27. The summed E-state index contributed by atoms with van der Waals surface area (Å²) in [6.07, 6.45) is 1.55. The molecule has 1 aromatic carbocycles. The number of amides is 1. The first-order valence-corrected chi connectivity index (χ1v) is 6.06. The van der Waals surface area contributed by atoms with Crippen LogP contribution in [0.4, 0.5) is 8.78 Å². The second-order valence-corrected chi connectivity index (χ2v) is 5.13. The Morgan fingerprint density at radius 2 is 1.85 bits per heavy atom. The van der Waals surface area contributed by atoms with Crippen LogP contribution < -0.4 is 5.73 Å². The van der Waals surface area contributed by atoms with Gasteiger partial charge in [-0.2, -0.15) is 5.10 Å². The van der Waals surface area contributed by atoms with Crippen LogP contribution in [0.3, 0.4) is 0 Å². The third-order valence-electron chi connectivity index (χ3n) is 3.27. The largest absolute Gasteiger partial charge is 0.368 e. The van der Waals surface area contributed by atoms with Gasteiger partial charge in [0.05, 0.1) is 5.56 Å². The van der Waals surface area contributed by atoms with Crippen LogP contribution in [-0.4, -0.2) is 15.7 Å². The smallest absolute Gasteiger partial charge is 0.244 e. The second kappa shape index (κ2) is 4.70. The molecule has 0 aliphatic heterocycles. The average Bonchev–Trinajstić information content (AvgIpc) is 2.72. The lowest BCUT2D eigenvalue weighted by molar-refractivity contribution is -0.125. The van der Waals surface area contributed by atoms with E-state index in [2.05, 4.69) is 5.10 Å². The predicted molar refractivity (Wildman–Crippen MR) is 70.8 cm³/mol. The van der Waals surface area contributed by atoms with Crippen molar-refractivity contribution < 1.29 is 13.6 Å². The molecule has 0 unspecified atom stereocenters. The molecule has 1 aromatic heterocycles. The summed E-state index contributed by atoms with van der Waals surface area (Å²) < 4.78 is 28.9. The molecule has 1 heterocycles. The number of nitrogens with zero attached hydrogens (tertiary/aromatic N) is 2. The van der Waals surface area contributed by atoms with Crippen molar-refractivity contribution in [2.75, 3.05) is 0 Å². The van der Waals surface area contributed by atoms with Crippen LogP contribution >= 0.6 is 0 Å². The Hall–Kier alpha value is -2.24. The van der Waals surface area contributed by atoms with Gasteiger partial charge in [0.1, 0.15) is 22.9 Å². The summed E-state index contributed by atoms with van der Waals surface area (Å²) in [5.74, 6) is -1.98. The van der Waals surface area contributed by atoms with Crippen LogP contribution in [0.1, 0.15) is 19.4 Å². The van der Waals surface area contributed by atoms with Crippen molar-refractivity contribution >= 4 is 5.91 Å². The molecule has 0 saturated carbocycles. The lowest BCUT2D eigenvalue weighted by Gasteiger charge is -2.20. The lowest BCUT2D eigenvalue weighted by Crippen LogP contribution is -2.41. The minimum absolute atomic E-state index is 0.162. The van der Waals surface area contributed by atoms with Gasteiger partial charge in [0, 0.05) is 6.20 Å². The number of aryl methyl sites for hydroxylation is 1. The minimum Gasteiger partial charge on any atom is -0.368 e. The maximum absolute atomic E-state index is 13.8. The Bertz CT molecular complexity index is 657. The van der Waals surface area contributed by atoms with Crippen LogP contribution in [0.25, 0.3) is 11.3 Å². The maximum Gasteiger partial charge on any atom is 0.244 e. The highest BCUT2D eigenvalue weighted by Gasteiger charge is 2.29. The number of halogens is 2. The number of carbonyl (C=O) groups excluding carboxylic acids is 1. The van der Waals surface area contributed by atoms with Crippen molar-refractivity contribution in [1.29, 1.82) is 0 Å². The number of nitrogens with two attached hydrogens (primary N) is 1. The molecule has 106 valence electrons. The van der Waals surface area contributed by atoms with Gasteiger partial charge in [-0.3, -0.25) is 9.48 Å². The van der Waals surface area contributed by atoms with Crippen LogP contribution in [0, 0.1) is 18.6 Å². The van der Waals surface area contributed by atoms with E-state index in [-0.39, 0.29) is 11.3 Å². The number of hydrogen-bond donors (Lipinski definition) is 1. The highest BCUT2D eigenvalue weighted by atomic mass is 19.1. The summed E-state index contributed by atoms with van der Waals surface area (Å²) in [6.45, 7) is 4.84. The molecule has 0 fully saturated rings. The zero-order valence-electron chi connectivity index (χ0n) is 11.4. The molecule has 4 nitrogen and oxygen atoms in total. The monoisotopic (exact) mass is 279 g/mol. The standard InChI is InChI=1S/C14H15F2N3O/c1-8-7-19(14(2,3)13(17)20)18-12(8)11-9(15)5-4-6-10(11)16/h4-7H,1-3H3,(H2,17,20). The Labute approximate surface area is 115 Å². The SMILES string of the molecule is Cc1cn(C(C)(C)C(N)=O)nc1-c1c(F)cccc1F. The van der Waals surface area contributed by atoms with Gasteiger partial charge in [-0.1, -0.05) is 6.07 Å². The quantitative estimate of drug-likeness (QED) is 0.937. The number of rotatable bonds is 3. The van der Waals surface area contributed by atoms with Crippen molar-refractivity contribution in [3.8, 4) is 11.3 Å². The van der Waals surface area contributed by atoms with E-state index in [0.717, 1.165) is 12.1 Å². The summed E-state index contributed by atoms with van der Waals surface area (Å²) in [5, 5.41) is 4.13. The van der Waals surface area contributed by atoms with E-state index < -0.39 is 23.1 Å². The molecule has 0 bridgehead atoms. The molecule has 2 rings (SSSR count). The molecule has 0 atom stereocenters. The fourth-order valence-corrected chi connectivity index (χ4v) is 1.83. The third kappa shape index (κ3) is 2.17. The van der Waals surface area contributed by atoms with Crippen molar-refractivity contribution in [2.45, 2.75) is 26.3 Å². The van der Waals surface area contributed by atoms with E-state index in [9.17, 15) is 13.6 Å². The van der Waals surface area contributed by atoms with Crippen molar-refractivity contribution in [3.63, 3.8) is 0 Å². The zero-order valence-corrected chi connectivity index (χ0v) is 11.4. The summed E-state index contributed by atoms with van der Waals surface area (Å²) in [5.41, 5.74) is 4.75. The topological polar surface area (TPSA) is 60.9 Å². The molecule has 2 N–H and O–H groups in total. The van der Waals surface area contributed by atoms with E-state index in [4.69, 9.17) is 5.73 Å². The molecule has 0 radical (unpaired) electrons. The second-order valence-electron chi connectivity index (χ2n) is 5.13. The molecule has 1 amide bonds. The van der Waals surface area contributed by atoms with E-state index >= 15 is 0 Å². The molecule has 20 heavy (non-hydrogen) atoms. The van der Waals surface area contributed by atoms with Gasteiger partial charge in [0.2, 0.25) is 5.91 Å². The van der Waals surface area contributed by atoms with E-state index in [0.29, 0.717) is 5.56 Å². The Balaban J connectivity index is 2.62. The van der Waals surface area contributed by atoms with Crippen molar-refractivity contribution in [2.24, 2.45) is 5.73 Å². The zero-order chi connectivity index (χ0) is 15.1. The highest BCUT2D eigenvalue weighted by Crippen LogP contribution is 2.29. The number of hydrogen-bond acceptors (Lipinski definition) is 2. The summed E-state index contributed by atoms with van der Waals surface area (Å²) in [6, 6.07) is 3.61. The van der Waals surface area contributed by atoms with Gasteiger partial charge in [-0.15, -0.1) is 0 Å². The Kier molecular flexibility index (Phi) is 3.33. The molecular weight excluding hydrogens is 264 g/mol. The molecular formula is C14H15F2N3O. The minimum atomic E-state index is -1.08. The van der Waals surface area contributed by atoms with Crippen molar-refractivity contribution in [1.82, 2.24) is 9.78 Å². The predicted octanol–water partition coefficient (Wildman–Crippen LogP) is 2.36. The van der Waals surface area contributed by atoms with Crippen LogP contribution in [-0.2, 0) is 10.3 Å². The fraction of sp³-hybridized carbons (Fsp3) is 0.286. The average molecular weight is 279 g/mol. The first kappa shape index (κ1) is 14.2. The van der Waals surface area contributed by atoms with E-state index in [1.165, 1.54) is 10.7 Å². The lowest BCUT2D eigenvalue weighted by atomic mass is 10.1. The molecule has 6 heteroatoms. The molecule has 0 aliphatic carbocycles. The molecule has 0 spiro atoms. The normalized spacial score (nSPS) is 11.7. The van der Waals surface area contributed by atoms with Gasteiger partial charge in [-0.05, 0) is 38.5 Å². The van der Waals surface area contributed by atoms with E-state index in [1.54, 1.807) is 27.0 Å². The van der Waals surface area contributed by atoms with Gasteiger partial charge in [-0.25, -0.2) is 8.78 Å². The summed E-state index contributed by atoms with van der Waals surface area (Å²) >= 11 is 0. The van der Waals surface area contributed by atoms with Gasteiger partial charge in [0.25, 0.3) is 0 Å². The molecule has 0 aliphatic rings. The summed E-state index contributed by atoms with van der Waals surface area (Å²) in [7, 11) is 0. The van der Waals surface area contributed by atoms with Crippen molar-refractivity contribution in [3.05, 3.63) is 41.6 Å². The highest BCUT2D eigenvalue weighted by molar-refractivity contribution is 5.81. The number of primary amides is 1. The Morgan fingerprint density at radius 3 is 2.35 bits per heavy atom. The Morgan fingerprint density at radius 1 is 1.30 bits per heavy atom. The summed E-state index contributed by atoms with van der Waals surface area (Å²) in [4.78, 5) is 11.4. The van der Waals surface area contributed by atoms with E-state index in [1.807, 2.05) is 0 Å². The van der Waals surface area contributed by atoms with Crippen LogP contribution in [0.2, 0.25) is 0 Å². The number of benzene rings is 1. The van der Waals surface area contributed by atoms with Crippen LogP contribution in [0.15, 0.2) is 24.4 Å². The maximum atomic E-state index is 13.8. The van der Waals surface area contributed by atoms with Gasteiger partial charge in [0.15, 0.2) is 0 Å². The number of aromatic nitrogens is 2. The van der Waals surface area contributed by atoms with Crippen LogP contribution in [0.5, 0.6) is 0 Å². The van der Waals surface area contributed by atoms with Gasteiger partial charge >= 0.3 is 0 Å². The van der Waals surface area contributed by atoms with Gasteiger partial charge < -0.3 is 5.73 Å². The number of carbonyl (C=O) groups is 1. The molecule has 0 saturated heterocycles.